The second kappa shape index (κ2) is 7.82. The highest BCUT2D eigenvalue weighted by Crippen LogP contribution is 2.41. The van der Waals surface area contributed by atoms with Crippen molar-refractivity contribution in [1.29, 1.82) is 0 Å². The molecule has 0 amide bonds. The highest BCUT2D eigenvalue weighted by atomic mass is 14.7. The zero-order chi connectivity index (χ0) is 25.5. The zero-order valence-corrected chi connectivity index (χ0v) is 21.4. The highest BCUT2D eigenvalue weighted by molar-refractivity contribution is 6.08. The predicted octanol–water partition coefficient (Wildman–Crippen LogP) is 9.94. The van der Waals surface area contributed by atoms with E-state index in [2.05, 4.69) is 138 Å². The van der Waals surface area contributed by atoms with Gasteiger partial charge in [-0.05, 0) is 67.1 Å². The fourth-order valence-electron chi connectivity index (χ4n) is 7.12. The molecule has 1 nitrogen and oxygen atoms in total. The van der Waals surface area contributed by atoms with Crippen LogP contribution in [0.3, 0.4) is 0 Å². The van der Waals surface area contributed by atoms with Gasteiger partial charge < -0.3 is 4.98 Å². The van der Waals surface area contributed by atoms with Gasteiger partial charge in [-0.15, -0.1) is 0 Å². The predicted molar refractivity (Wildman–Crippen MR) is 165 cm³/mol. The summed E-state index contributed by atoms with van der Waals surface area (Å²) >= 11 is 0. The lowest BCUT2D eigenvalue weighted by Gasteiger charge is -2.22. The first-order chi connectivity index (χ1) is 19.3. The van der Waals surface area contributed by atoms with Gasteiger partial charge in [-0.3, -0.25) is 0 Å². The summed E-state index contributed by atoms with van der Waals surface area (Å²) in [6.07, 6.45) is 9.29. The first kappa shape index (κ1) is 21.1. The Balaban J connectivity index is 1.15. The summed E-state index contributed by atoms with van der Waals surface area (Å²) in [6.45, 7) is 0. The molecule has 9 rings (SSSR count). The van der Waals surface area contributed by atoms with Crippen LogP contribution in [0.1, 0.15) is 45.2 Å². The van der Waals surface area contributed by atoms with Gasteiger partial charge in [0.25, 0.3) is 0 Å². The number of H-pyrrole nitrogens is 1. The molecule has 6 aromatic carbocycles. The van der Waals surface area contributed by atoms with E-state index in [4.69, 9.17) is 0 Å². The van der Waals surface area contributed by atoms with Crippen molar-refractivity contribution in [3.05, 3.63) is 155 Å². The van der Waals surface area contributed by atoms with E-state index in [9.17, 15) is 0 Å². The second-order valence-electron chi connectivity index (χ2n) is 11.0. The molecule has 1 aromatic heterocycles. The third kappa shape index (κ3) is 3.02. The van der Waals surface area contributed by atoms with Crippen molar-refractivity contribution < 1.29 is 0 Å². The quantitative estimate of drug-likeness (QED) is 0.246. The van der Waals surface area contributed by atoms with Crippen LogP contribution in [0, 0.1) is 0 Å². The average molecular weight is 496 g/mol. The summed E-state index contributed by atoms with van der Waals surface area (Å²) in [5, 5.41) is 7.95. The summed E-state index contributed by atoms with van der Waals surface area (Å²) in [4.78, 5) is 3.78. The third-order valence-corrected chi connectivity index (χ3v) is 8.91. The standard InChI is InChI=1S/C38H25N/c1-5-23-9-3-11-33-29(17-13-25(7-1)37(23)33)27-15-19-31-32-20-16-28(22-36(32)39-35(31)21-27)30-18-14-26-8-2-6-24-10-4-12-34(30)38(24)26/h1-22,29-30,39H. The Morgan fingerprint density at radius 3 is 1.41 bits per heavy atom. The van der Waals surface area contributed by atoms with Crippen molar-refractivity contribution >= 4 is 55.5 Å². The molecule has 39 heavy (non-hydrogen) atoms. The minimum Gasteiger partial charge on any atom is -0.354 e. The van der Waals surface area contributed by atoms with Gasteiger partial charge in [0.2, 0.25) is 0 Å². The normalized spacial score (nSPS) is 17.5. The molecule has 0 bridgehead atoms. The van der Waals surface area contributed by atoms with Gasteiger partial charge in [0.05, 0.1) is 0 Å². The number of aromatic nitrogens is 1. The van der Waals surface area contributed by atoms with E-state index in [0.717, 1.165) is 0 Å². The van der Waals surface area contributed by atoms with Crippen LogP contribution in [0.2, 0.25) is 0 Å². The van der Waals surface area contributed by atoms with Gasteiger partial charge in [-0.25, -0.2) is 0 Å². The maximum absolute atomic E-state index is 3.78. The van der Waals surface area contributed by atoms with E-state index in [1.54, 1.807) is 0 Å². The van der Waals surface area contributed by atoms with Crippen LogP contribution in [0.5, 0.6) is 0 Å². The molecule has 0 spiro atoms. The molecule has 1 N–H and O–H groups in total. The first-order valence-corrected chi connectivity index (χ1v) is 13.8. The van der Waals surface area contributed by atoms with E-state index in [1.807, 2.05) is 0 Å². The first-order valence-electron chi connectivity index (χ1n) is 13.8. The van der Waals surface area contributed by atoms with E-state index in [-0.39, 0.29) is 11.8 Å². The van der Waals surface area contributed by atoms with Gasteiger partial charge in [0.15, 0.2) is 0 Å². The van der Waals surface area contributed by atoms with Crippen molar-refractivity contribution in [2.75, 3.05) is 0 Å². The number of rotatable bonds is 2. The minimum atomic E-state index is 0.253. The average Bonchev–Trinajstić information content (AvgIpc) is 3.35. The van der Waals surface area contributed by atoms with Crippen LogP contribution in [0.15, 0.2) is 121 Å². The van der Waals surface area contributed by atoms with E-state index in [1.165, 1.54) is 76.7 Å². The van der Waals surface area contributed by atoms with Crippen molar-refractivity contribution in [2.45, 2.75) is 11.8 Å². The van der Waals surface area contributed by atoms with Crippen LogP contribution < -0.4 is 0 Å². The van der Waals surface area contributed by atoms with Crippen molar-refractivity contribution in [2.24, 2.45) is 0 Å². The van der Waals surface area contributed by atoms with Crippen molar-refractivity contribution in [3.8, 4) is 0 Å². The second-order valence-corrected chi connectivity index (χ2v) is 11.0. The minimum absolute atomic E-state index is 0.253. The smallest absolute Gasteiger partial charge is 0.0467 e. The number of nitrogens with one attached hydrogen (secondary N) is 1. The highest BCUT2D eigenvalue weighted by Gasteiger charge is 2.22. The summed E-state index contributed by atoms with van der Waals surface area (Å²) in [7, 11) is 0. The van der Waals surface area contributed by atoms with Crippen molar-refractivity contribution in [1.82, 2.24) is 4.98 Å². The number of aromatic amines is 1. The summed E-state index contributed by atoms with van der Waals surface area (Å²) in [5.74, 6) is 0.505. The molecule has 7 aromatic rings. The molecule has 0 saturated heterocycles. The van der Waals surface area contributed by atoms with Gasteiger partial charge >= 0.3 is 0 Å². The van der Waals surface area contributed by atoms with E-state index >= 15 is 0 Å². The molecule has 0 fully saturated rings. The van der Waals surface area contributed by atoms with Crippen LogP contribution in [-0.4, -0.2) is 4.98 Å². The molecule has 2 atom stereocenters. The Labute approximate surface area is 226 Å². The van der Waals surface area contributed by atoms with Crippen LogP contribution in [0.25, 0.3) is 55.5 Å². The Bertz CT molecular complexity index is 2020. The lowest BCUT2D eigenvalue weighted by atomic mass is 9.82. The topological polar surface area (TPSA) is 15.8 Å². The maximum Gasteiger partial charge on any atom is 0.0467 e. The molecular formula is C38H25N. The molecule has 1 heteroatoms. The van der Waals surface area contributed by atoms with Gasteiger partial charge in [-0.1, -0.05) is 121 Å². The lowest BCUT2D eigenvalue weighted by Crippen LogP contribution is -2.03. The molecule has 0 aliphatic heterocycles. The van der Waals surface area contributed by atoms with Gasteiger partial charge in [0, 0.05) is 33.6 Å². The third-order valence-electron chi connectivity index (χ3n) is 8.91. The SMILES string of the molecule is C1=CC(c2ccc3c(c2)[nH]c2cc(C4C=Cc5cccc6cccc4c56)ccc23)c2cccc3cccc1c23. The monoisotopic (exact) mass is 495 g/mol. The Morgan fingerprint density at radius 2 is 0.923 bits per heavy atom. The van der Waals surface area contributed by atoms with Gasteiger partial charge in [0.1, 0.15) is 0 Å². The van der Waals surface area contributed by atoms with Crippen LogP contribution >= 0.6 is 0 Å². The summed E-state index contributed by atoms with van der Waals surface area (Å²) in [6, 6.07) is 40.5. The number of fused-ring (bicyclic) bond motifs is 3. The molecule has 2 unspecified atom stereocenters. The zero-order valence-electron chi connectivity index (χ0n) is 21.4. The Morgan fingerprint density at radius 1 is 0.462 bits per heavy atom. The molecule has 2 aliphatic rings. The molecular weight excluding hydrogens is 470 g/mol. The number of hydrogen-bond donors (Lipinski definition) is 1. The van der Waals surface area contributed by atoms with Crippen LogP contribution in [0.4, 0.5) is 0 Å². The molecule has 0 saturated carbocycles. The number of allylic oxidation sites excluding steroid dienone is 2. The molecule has 1 heterocycles. The largest absolute Gasteiger partial charge is 0.354 e. The fraction of sp³-hybridized carbons (Fsp3) is 0.0526. The number of hydrogen-bond acceptors (Lipinski definition) is 0. The van der Waals surface area contributed by atoms with Crippen LogP contribution in [-0.2, 0) is 0 Å². The summed E-state index contributed by atoms with van der Waals surface area (Å²) < 4.78 is 0. The lowest BCUT2D eigenvalue weighted by molar-refractivity contribution is 1.04. The molecule has 182 valence electrons. The van der Waals surface area contributed by atoms with Gasteiger partial charge in [-0.2, -0.15) is 0 Å². The molecule has 0 radical (unpaired) electrons. The molecule has 2 aliphatic carbocycles. The summed E-state index contributed by atoms with van der Waals surface area (Å²) in [5.41, 5.74) is 10.5. The number of benzene rings is 6. The van der Waals surface area contributed by atoms with Crippen molar-refractivity contribution in [3.63, 3.8) is 0 Å². The van der Waals surface area contributed by atoms with E-state index < -0.39 is 0 Å². The Kier molecular flexibility index (Phi) is 4.23. The Hall–Kier alpha value is -4.88. The fourth-order valence-corrected chi connectivity index (χ4v) is 7.12. The van der Waals surface area contributed by atoms with E-state index in [0.29, 0.717) is 0 Å². The maximum atomic E-state index is 3.78.